The fourth-order valence-electron chi connectivity index (χ4n) is 2.99. The summed E-state index contributed by atoms with van der Waals surface area (Å²) in [7, 11) is 0. The second kappa shape index (κ2) is 13.3. The maximum Gasteiger partial charge on any atom is 0.330 e. The number of carbonyl (C=O) groups excluding carboxylic acids is 3. The van der Waals surface area contributed by atoms with Gasteiger partial charge in [0.25, 0.3) is 0 Å². The second-order valence-corrected chi connectivity index (χ2v) is 9.32. The Morgan fingerprint density at radius 1 is 1.03 bits per heavy atom. The van der Waals surface area contributed by atoms with Gasteiger partial charge in [0.2, 0.25) is 11.8 Å². The number of amides is 2. The Morgan fingerprint density at radius 2 is 1.59 bits per heavy atom. The molecule has 0 aliphatic carbocycles. The van der Waals surface area contributed by atoms with Crippen molar-refractivity contribution in [2.24, 2.45) is 5.92 Å². The number of rotatable bonds is 8. The van der Waals surface area contributed by atoms with Crippen LogP contribution in [0.5, 0.6) is 5.75 Å². The first-order chi connectivity index (χ1) is 14.5. The first kappa shape index (κ1) is 29.4. The van der Waals surface area contributed by atoms with Gasteiger partial charge in [-0.05, 0) is 31.7 Å². The van der Waals surface area contributed by atoms with E-state index in [0.717, 1.165) is 13.0 Å². The standard InChI is InChI=1S/C19H22Cl5N3O4.ClH/c1-8(2)6-10(27-19(30)9-4-3-5-25-9)18(29)26-7-11(28)31-17-15(23)13(21)12(20)14(22)16(17)24;/h8-10,25H,3-7H2,1-2H3,(H,26,29)(H,27,30);1H/t9-,10-;/m0./s1. The Hall–Kier alpha value is -0.670. The molecule has 0 radical (unpaired) electrons. The number of nitrogens with one attached hydrogen (secondary N) is 3. The van der Waals surface area contributed by atoms with Crippen molar-refractivity contribution in [3.8, 4) is 5.75 Å². The second-order valence-electron chi connectivity index (χ2n) is 7.43. The monoisotopic (exact) mass is 567 g/mol. The van der Waals surface area contributed by atoms with Gasteiger partial charge in [0.05, 0.1) is 21.1 Å². The van der Waals surface area contributed by atoms with Crippen LogP contribution >= 0.6 is 70.4 Å². The van der Waals surface area contributed by atoms with E-state index in [2.05, 4.69) is 16.0 Å². The lowest BCUT2D eigenvalue weighted by molar-refractivity contribution is -0.136. The molecule has 1 aromatic rings. The summed E-state index contributed by atoms with van der Waals surface area (Å²) in [4.78, 5) is 37.2. The van der Waals surface area contributed by atoms with Crippen LogP contribution in [0.1, 0.15) is 33.1 Å². The van der Waals surface area contributed by atoms with Gasteiger partial charge in [0.1, 0.15) is 22.6 Å². The van der Waals surface area contributed by atoms with Crippen molar-refractivity contribution < 1.29 is 19.1 Å². The topological polar surface area (TPSA) is 96.5 Å². The third-order valence-electron chi connectivity index (χ3n) is 4.51. The van der Waals surface area contributed by atoms with Crippen molar-refractivity contribution in [3.05, 3.63) is 25.1 Å². The molecule has 1 fully saturated rings. The van der Waals surface area contributed by atoms with Crippen molar-refractivity contribution in [3.63, 3.8) is 0 Å². The molecule has 1 aromatic carbocycles. The normalized spacial score (nSPS) is 16.3. The Kier molecular flexibility index (Phi) is 12.2. The summed E-state index contributed by atoms with van der Waals surface area (Å²) in [6, 6.07) is -1.12. The Morgan fingerprint density at radius 3 is 2.09 bits per heavy atom. The summed E-state index contributed by atoms with van der Waals surface area (Å²) in [6.07, 6.45) is 2.01. The molecule has 0 saturated carbocycles. The maximum atomic E-state index is 12.6. The van der Waals surface area contributed by atoms with Gasteiger partial charge < -0.3 is 20.7 Å². The minimum atomic E-state index is -0.862. The van der Waals surface area contributed by atoms with Gasteiger partial charge in [-0.3, -0.25) is 9.59 Å². The van der Waals surface area contributed by atoms with E-state index in [9.17, 15) is 14.4 Å². The Balaban J connectivity index is 0.00000512. The van der Waals surface area contributed by atoms with Crippen LogP contribution in [0.3, 0.4) is 0 Å². The van der Waals surface area contributed by atoms with Crippen LogP contribution in [0.15, 0.2) is 0 Å². The Bertz CT molecular complexity index is 833. The molecule has 32 heavy (non-hydrogen) atoms. The van der Waals surface area contributed by atoms with Crippen LogP contribution in [-0.2, 0) is 14.4 Å². The van der Waals surface area contributed by atoms with Gasteiger partial charge in [-0.25, -0.2) is 4.79 Å². The summed E-state index contributed by atoms with van der Waals surface area (Å²) < 4.78 is 5.12. The molecule has 2 atom stereocenters. The van der Waals surface area contributed by atoms with Crippen molar-refractivity contribution in [2.45, 2.75) is 45.2 Å². The van der Waals surface area contributed by atoms with Crippen LogP contribution in [0, 0.1) is 5.92 Å². The smallest absolute Gasteiger partial charge is 0.330 e. The molecule has 3 N–H and O–H groups in total. The van der Waals surface area contributed by atoms with E-state index in [1.165, 1.54) is 0 Å². The third kappa shape index (κ3) is 7.69. The first-order valence-corrected chi connectivity index (χ1v) is 11.5. The number of ether oxygens (including phenoxy) is 1. The van der Waals surface area contributed by atoms with Crippen LogP contribution in [0.2, 0.25) is 25.1 Å². The number of halogens is 6. The zero-order valence-corrected chi connectivity index (χ0v) is 21.8. The number of hydrogen-bond donors (Lipinski definition) is 3. The van der Waals surface area contributed by atoms with Crippen molar-refractivity contribution >= 4 is 88.2 Å². The van der Waals surface area contributed by atoms with Gasteiger partial charge in [-0.15, -0.1) is 12.4 Å². The molecule has 13 heteroatoms. The molecule has 1 heterocycles. The number of hydrogen-bond acceptors (Lipinski definition) is 5. The van der Waals surface area contributed by atoms with Crippen LogP contribution in [0.4, 0.5) is 0 Å². The highest BCUT2D eigenvalue weighted by molar-refractivity contribution is 6.55. The first-order valence-electron chi connectivity index (χ1n) is 9.56. The number of benzene rings is 1. The lowest BCUT2D eigenvalue weighted by Gasteiger charge is -2.22. The van der Waals surface area contributed by atoms with E-state index in [4.69, 9.17) is 62.7 Å². The van der Waals surface area contributed by atoms with Gasteiger partial charge in [0, 0.05) is 0 Å². The van der Waals surface area contributed by atoms with Crippen molar-refractivity contribution in [2.75, 3.05) is 13.1 Å². The zero-order valence-electron chi connectivity index (χ0n) is 17.2. The summed E-state index contributed by atoms with van der Waals surface area (Å²) >= 11 is 29.9. The molecule has 180 valence electrons. The maximum absolute atomic E-state index is 12.6. The highest BCUT2D eigenvalue weighted by atomic mass is 35.5. The van der Waals surface area contributed by atoms with E-state index in [0.29, 0.717) is 12.8 Å². The van der Waals surface area contributed by atoms with Crippen LogP contribution in [0.25, 0.3) is 0 Å². The molecule has 7 nitrogen and oxygen atoms in total. The number of esters is 1. The van der Waals surface area contributed by atoms with Crippen LogP contribution < -0.4 is 20.7 Å². The van der Waals surface area contributed by atoms with Crippen molar-refractivity contribution in [1.29, 1.82) is 0 Å². The Labute approximate surface area is 217 Å². The fourth-order valence-corrected chi connectivity index (χ4v) is 4.19. The molecule has 0 aromatic heterocycles. The molecule has 2 amide bonds. The molecular formula is C19H23Cl6N3O4. The predicted molar refractivity (Wildman–Crippen MR) is 130 cm³/mol. The molecule has 2 rings (SSSR count). The lowest BCUT2D eigenvalue weighted by atomic mass is 10.0. The van der Waals surface area contributed by atoms with Crippen LogP contribution in [-0.4, -0.2) is 43.0 Å². The van der Waals surface area contributed by atoms with Gasteiger partial charge in [0.15, 0.2) is 5.75 Å². The number of carbonyl (C=O) groups is 3. The largest absolute Gasteiger partial charge is 0.422 e. The van der Waals surface area contributed by atoms with E-state index in [1.807, 2.05) is 13.8 Å². The average molecular weight is 570 g/mol. The summed E-state index contributed by atoms with van der Waals surface area (Å²) in [5.74, 6) is -1.75. The molecule has 0 bridgehead atoms. The van der Waals surface area contributed by atoms with Gasteiger partial charge in [-0.2, -0.15) is 0 Å². The SMILES string of the molecule is CC(C)C[C@H](NC(=O)[C@@H]1CCCN1)C(=O)NCC(=O)Oc1c(Cl)c(Cl)c(Cl)c(Cl)c1Cl.Cl. The molecule has 0 spiro atoms. The van der Waals surface area contributed by atoms with Gasteiger partial charge in [-0.1, -0.05) is 71.9 Å². The fraction of sp³-hybridized carbons (Fsp3) is 0.526. The summed E-state index contributed by atoms with van der Waals surface area (Å²) in [5, 5.41) is 7.60. The molecule has 1 aliphatic heterocycles. The van der Waals surface area contributed by atoms with E-state index < -0.39 is 24.5 Å². The van der Waals surface area contributed by atoms with Crippen molar-refractivity contribution in [1.82, 2.24) is 16.0 Å². The summed E-state index contributed by atoms with van der Waals surface area (Å²) in [6.45, 7) is 4.11. The third-order valence-corrected chi connectivity index (χ3v) is 6.75. The molecule has 1 aliphatic rings. The minimum Gasteiger partial charge on any atom is -0.422 e. The van der Waals surface area contributed by atoms with E-state index in [1.54, 1.807) is 0 Å². The average Bonchev–Trinajstić information content (AvgIpc) is 3.26. The molecule has 0 unspecified atom stereocenters. The van der Waals surface area contributed by atoms with E-state index >= 15 is 0 Å². The lowest BCUT2D eigenvalue weighted by Crippen LogP contribution is -2.52. The predicted octanol–water partition coefficient (Wildman–Crippen LogP) is 4.68. The summed E-state index contributed by atoms with van der Waals surface area (Å²) in [5.41, 5.74) is 0. The highest BCUT2D eigenvalue weighted by Crippen LogP contribution is 2.48. The van der Waals surface area contributed by atoms with Gasteiger partial charge >= 0.3 is 5.97 Å². The highest BCUT2D eigenvalue weighted by Gasteiger charge is 2.28. The zero-order chi connectivity index (χ0) is 23.3. The molecule has 1 saturated heterocycles. The molecular weight excluding hydrogens is 547 g/mol. The quantitative estimate of drug-likeness (QED) is 0.183. The van der Waals surface area contributed by atoms with E-state index in [-0.39, 0.29) is 61.1 Å². The minimum absolute atomic E-state index is 0.